The van der Waals surface area contributed by atoms with Gasteiger partial charge in [-0.2, -0.15) is 0 Å². The van der Waals surface area contributed by atoms with Crippen molar-refractivity contribution in [1.29, 1.82) is 0 Å². The fourth-order valence-electron chi connectivity index (χ4n) is 2.81. The minimum absolute atomic E-state index is 0.00355. The Kier molecular flexibility index (Phi) is 4.61. The Morgan fingerprint density at radius 3 is 2.16 bits per heavy atom. The summed E-state index contributed by atoms with van der Waals surface area (Å²) in [7, 11) is 1.57. The highest BCUT2D eigenvalue weighted by Crippen LogP contribution is 2.22. The van der Waals surface area contributed by atoms with Gasteiger partial charge in [-0.3, -0.25) is 19.3 Å². The van der Waals surface area contributed by atoms with Crippen molar-refractivity contribution in [3.63, 3.8) is 0 Å². The predicted molar refractivity (Wildman–Crippen MR) is 89.3 cm³/mol. The third-order valence-corrected chi connectivity index (χ3v) is 4.22. The molecule has 6 heteroatoms. The van der Waals surface area contributed by atoms with Gasteiger partial charge in [-0.05, 0) is 18.2 Å². The number of imide groups is 1. The van der Waals surface area contributed by atoms with E-state index in [2.05, 4.69) is 0 Å². The van der Waals surface area contributed by atoms with Gasteiger partial charge >= 0.3 is 0 Å². The summed E-state index contributed by atoms with van der Waals surface area (Å²) in [5, 5.41) is 0. The number of fused-ring (bicyclic) bond motifs is 1. The average molecular weight is 340 g/mol. The van der Waals surface area contributed by atoms with Gasteiger partial charge in [-0.1, -0.05) is 30.3 Å². The molecule has 0 radical (unpaired) electrons. The molecule has 0 aromatic heterocycles. The topological polar surface area (TPSA) is 57.7 Å². The Hall–Kier alpha value is -3.02. The van der Waals surface area contributed by atoms with Gasteiger partial charge in [0.05, 0.1) is 11.1 Å². The fraction of sp³-hybridized carbons (Fsp3) is 0.211. The zero-order valence-corrected chi connectivity index (χ0v) is 13.7. The first kappa shape index (κ1) is 16.8. The first-order valence-electron chi connectivity index (χ1n) is 7.91. The van der Waals surface area contributed by atoms with Crippen molar-refractivity contribution in [2.24, 2.45) is 0 Å². The molecule has 1 heterocycles. The number of hydrogen-bond acceptors (Lipinski definition) is 3. The van der Waals surface area contributed by atoms with E-state index in [1.54, 1.807) is 49.5 Å². The van der Waals surface area contributed by atoms with E-state index in [4.69, 9.17) is 0 Å². The Labute approximate surface area is 144 Å². The maximum atomic E-state index is 13.7. The van der Waals surface area contributed by atoms with Crippen LogP contribution in [0, 0.1) is 5.82 Å². The molecule has 128 valence electrons. The van der Waals surface area contributed by atoms with Crippen molar-refractivity contribution in [3.8, 4) is 0 Å². The monoisotopic (exact) mass is 340 g/mol. The summed E-state index contributed by atoms with van der Waals surface area (Å²) >= 11 is 0. The Bertz CT molecular complexity index is 815. The molecule has 2 aromatic carbocycles. The molecule has 0 saturated carbocycles. The maximum Gasteiger partial charge on any atom is 0.261 e. The SMILES string of the molecule is CN(Cc1ccccc1F)C(=O)CCN1C(=O)c2ccccc2C1=O. The van der Waals surface area contributed by atoms with E-state index in [1.165, 1.54) is 11.0 Å². The lowest BCUT2D eigenvalue weighted by Crippen LogP contribution is -2.35. The molecule has 0 aliphatic carbocycles. The van der Waals surface area contributed by atoms with Crippen molar-refractivity contribution < 1.29 is 18.8 Å². The van der Waals surface area contributed by atoms with E-state index in [1.807, 2.05) is 0 Å². The van der Waals surface area contributed by atoms with Gasteiger partial charge in [0.25, 0.3) is 11.8 Å². The highest BCUT2D eigenvalue weighted by molar-refractivity contribution is 6.21. The third-order valence-electron chi connectivity index (χ3n) is 4.22. The normalized spacial score (nSPS) is 13.1. The summed E-state index contributed by atoms with van der Waals surface area (Å²) < 4.78 is 13.7. The molecule has 1 aliphatic heterocycles. The summed E-state index contributed by atoms with van der Waals surface area (Å²) in [6.07, 6.45) is -0.00355. The van der Waals surface area contributed by atoms with Crippen LogP contribution in [0.15, 0.2) is 48.5 Å². The number of halogens is 1. The zero-order chi connectivity index (χ0) is 18.0. The van der Waals surface area contributed by atoms with Gasteiger partial charge in [-0.15, -0.1) is 0 Å². The first-order valence-corrected chi connectivity index (χ1v) is 7.91. The van der Waals surface area contributed by atoms with Gasteiger partial charge in [-0.25, -0.2) is 4.39 Å². The summed E-state index contributed by atoms with van der Waals surface area (Å²) in [6.45, 7) is 0.139. The molecule has 0 saturated heterocycles. The Morgan fingerprint density at radius 2 is 1.56 bits per heavy atom. The second-order valence-corrected chi connectivity index (χ2v) is 5.90. The Balaban J connectivity index is 1.60. The average Bonchev–Trinajstić information content (AvgIpc) is 2.86. The molecule has 0 atom stereocenters. The van der Waals surface area contributed by atoms with Crippen molar-refractivity contribution in [2.45, 2.75) is 13.0 Å². The standard InChI is InChI=1S/C19H17FN2O3/c1-21(12-13-6-2-5-9-16(13)20)17(23)10-11-22-18(24)14-7-3-4-8-15(14)19(22)25/h2-9H,10-12H2,1H3. The molecule has 5 nitrogen and oxygen atoms in total. The second kappa shape index (κ2) is 6.84. The number of nitrogens with zero attached hydrogens (tertiary/aromatic N) is 2. The highest BCUT2D eigenvalue weighted by Gasteiger charge is 2.35. The van der Waals surface area contributed by atoms with Crippen LogP contribution >= 0.6 is 0 Å². The fourth-order valence-corrected chi connectivity index (χ4v) is 2.81. The Morgan fingerprint density at radius 1 is 1.00 bits per heavy atom. The van der Waals surface area contributed by atoms with Crippen LogP contribution in [0.25, 0.3) is 0 Å². The largest absolute Gasteiger partial charge is 0.341 e. The summed E-state index contributed by atoms with van der Waals surface area (Å²) in [4.78, 5) is 39.2. The molecule has 0 spiro atoms. The molecular weight excluding hydrogens is 323 g/mol. The molecule has 0 N–H and O–H groups in total. The molecule has 25 heavy (non-hydrogen) atoms. The van der Waals surface area contributed by atoms with Crippen LogP contribution in [0.1, 0.15) is 32.7 Å². The number of amides is 3. The number of carbonyl (C=O) groups excluding carboxylic acids is 3. The lowest BCUT2D eigenvalue weighted by atomic mass is 10.1. The zero-order valence-electron chi connectivity index (χ0n) is 13.7. The van der Waals surface area contributed by atoms with Crippen molar-refractivity contribution in [3.05, 3.63) is 71.0 Å². The van der Waals surface area contributed by atoms with Crippen LogP contribution in [0.3, 0.4) is 0 Å². The quantitative estimate of drug-likeness (QED) is 0.786. The molecule has 2 aromatic rings. The molecule has 0 unspecified atom stereocenters. The van der Waals surface area contributed by atoms with E-state index in [0.29, 0.717) is 16.7 Å². The lowest BCUT2D eigenvalue weighted by molar-refractivity contribution is -0.130. The predicted octanol–water partition coefficient (Wildman–Crippen LogP) is 2.47. The third kappa shape index (κ3) is 3.28. The second-order valence-electron chi connectivity index (χ2n) is 5.90. The first-order chi connectivity index (χ1) is 12.0. The molecular formula is C19H17FN2O3. The molecule has 1 aliphatic rings. The number of rotatable bonds is 5. The smallest absolute Gasteiger partial charge is 0.261 e. The van der Waals surface area contributed by atoms with Crippen LogP contribution in [-0.4, -0.2) is 41.1 Å². The van der Waals surface area contributed by atoms with E-state index < -0.39 is 0 Å². The molecule has 3 amide bonds. The van der Waals surface area contributed by atoms with Gasteiger partial charge in [0.2, 0.25) is 5.91 Å². The van der Waals surface area contributed by atoms with Crippen LogP contribution < -0.4 is 0 Å². The minimum atomic E-state index is -0.384. The summed E-state index contributed by atoms with van der Waals surface area (Å²) in [5.74, 6) is -1.40. The van der Waals surface area contributed by atoms with Crippen LogP contribution in [0.5, 0.6) is 0 Å². The maximum absolute atomic E-state index is 13.7. The van der Waals surface area contributed by atoms with Crippen molar-refractivity contribution >= 4 is 17.7 Å². The van der Waals surface area contributed by atoms with Crippen molar-refractivity contribution in [2.75, 3.05) is 13.6 Å². The van der Waals surface area contributed by atoms with Gasteiger partial charge in [0, 0.05) is 32.1 Å². The number of carbonyl (C=O) groups is 3. The lowest BCUT2D eigenvalue weighted by Gasteiger charge is -2.19. The summed E-state index contributed by atoms with van der Waals surface area (Å²) in [6, 6.07) is 12.8. The number of hydrogen-bond donors (Lipinski definition) is 0. The molecule has 3 rings (SSSR count). The summed E-state index contributed by atoms with van der Waals surface area (Å²) in [5.41, 5.74) is 1.14. The van der Waals surface area contributed by atoms with E-state index >= 15 is 0 Å². The minimum Gasteiger partial charge on any atom is -0.341 e. The van der Waals surface area contributed by atoms with Crippen molar-refractivity contribution in [1.82, 2.24) is 9.80 Å². The van der Waals surface area contributed by atoms with E-state index in [9.17, 15) is 18.8 Å². The molecule has 0 fully saturated rings. The van der Waals surface area contributed by atoms with E-state index in [-0.39, 0.29) is 43.0 Å². The van der Waals surface area contributed by atoms with Gasteiger partial charge < -0.3 is 4.90 Å². The van der Waals surface area contributed by atoms with Gasteiger partial charge in [0.15, 0.2) is 0 Å². The number of benzene rings is 2. The van der Waals surface area contributed by atoms with Crippen LogP contribution in [-0.2, 0) is 11.3 Å². The molecule has 0 bridgehead atoms. The van der Waals surface area contributed by atoms with Gasteiger partial charge in [0.1, 0.15) is 5.82 Å². The van der Waals surface area contributed by atoms with E-state index in [0.717, 1.165) is 4.90 Å². The van der Waals surface area contributed by atoms with Crippen LogP contribution in [0.2, 0.25) is 0 Å². The highest BCUT2D eigenvalue weighted by atomic mass is 19.1. The van der Waals surface area contributed by atoms with Crippen LogP contribution in [0.4, 0.5) is 4.39 Å².